The minimum absolute atomic E-state index is 0.0873. The second-order valence-corrected chi connectivity index (χ2v) is 5.04. The molecule has 5 nitrogen and oxygen atoms in total. The van der Waals surface area contributed by atoms with Crippen molar-refractivity contribution in [3.63, 3.8) is 0 Å². The molecule has 0 unspecified atom stereocenters. The Hall–Kier alpha value is -2.56. The molecule has 0 amide bonds. The minimum atomic E-state index is -0.393. The van der Waals surface area contributed by atoms with Crippen LogP contribution in [0.2, 0.25) is 0 Å². The molecule has 1 N–H and O–H groups in total. The maximum absolute atomic E-state index is 10.8. The molecule has 0 atom stereocenters. The summed E-state index contributed by atoms with van der Waals surface area (Å²) in [6, 6.07) is 12.5. The number of non-ortho nitro benzene ring substituents is 1. The Balaban J connectivity index is 1.76. The van der Waals surface area contributed by atoms with E-state index in [1.54, 1.807) is 12.1 Å². The molecule has 0 spiro atoms. The van der Waals surface area contributed by atoms with Crippen LogP contribution in [0.3, 0.4) is 0 Å². The summed E-state index contributed by atoms with van der Waals surface area (Å²) in [6.45, 7) is 1.27. The lowest BCUT2D eigenvalue weighted by atomic mass is 10.0. The van der Waals surface area contributed by atoms with Gasteiger partial charge in [0.05, 0.1) is 10.6 Å². The number of nitrogens with one attached hydrogen (secondary N) is 1. The van der Waals surface area contributed by atoms with Crippen LogP contribution in [-0.2, 0) is 13.0 Å². The SMILES string of the molecule is O=[N+]([O-])c1cccc(COc2cccc3c2NCCC3)c1. The third-order valence-electron chi connectivity index (χ3n) is 3.55. The molecule has 0 fully saturated rings. The van der Waals surface area contributed by atoms with Gasteiger partial charge in [0.15, 0.2) is 0 Å². The number of hydrogen-bond acceptors (Lipinski definition) is 4. The summed E-state index contributed by atoms with van der Waals surface area (Å²) in [7, 11) is 0. The number of nitro groups is 1. The van der Waals surface area contributed by atoms with Gasteiger partial charge in [-0.3, -0.25) is 10.1 Å². The molecule has 0 saturated heterocycles. The summed E-state index contributed by atoms with van der Waals surface area (Å²) in [5.74, 6) is 0.804. The fraction of sp³-hybridized carbons (Fsp3) is 0.250. The molecule has 1 aliphatic rings. The molecule has 0 bridgehead atoms. The average Bonchev–Trinajstić information content (AvgIpc) is 2.53. The number of benzene rings is 2. The number of nitro benzene ring substituents is 1. The van der Waals surface area contributed by atoms with Gasteiger partial charge in [0.2, 0.25) is 0 Å². The van der Waals surface area contributed by atoms with Gasteiger partial charge in [-0.15, -0.1) is 0 Å². The summed E-state index contributed by atoms with van der Waals surface area (Å²) in [4.78, 5) is 10.4. The molecule has 3 rings (SSSR count). The van der Waals surface area contributed by atoms with E-state index < -0.39 is 4.92 Å². The number of rotatable bonds is 4. The molecule has 1 aliphatic heterocycles. The maximum Gasteiger partial charge on any atom is 0.269 e. The van der Waals surface area contributed by atoms with Crippen LogP contribution in [-0.4, -0.2) is 11.5 Å². The van der Waals surface area contributed by atoms with E-state index in [2.05, 4.69) is 11.4 Å². The van der Waals surface area contributed by atoms with Gasteiger partial charge in [-0.2, -0.15) is 0 Å². The standard InChI is InChI=1S/C16H16N2O3/c19-18(20)14-7-1-4-12(10-14)11-21-15-8-2-5-13-6-3-9-17-16(13)15/h1-2,4-5,7-8,10,17H,3,6,9,11H2. The van der Waals surface area contributed by atoms with Gasteiger partial charge < -0.3 is 10.1 Å². The summed E-state index contributed by atoms with van der Waals surface area (Å²) >= 11 is 0. The summed E-state index contributed by atoms with van der Waals surface area (Å²) in [6.07, 6.45) is 2.18. The lowest BCUT2D eigenvalue weighted by Crippen LogP contribution is -2.13. The third kappa shape index (κ3) is 2.97. The average molecular weight is 284 g/mol. The molecule has 0 radical (unpaired) electrons. The van der Waals surface area contributed by atoms with Crippen LogP contribution < -0.4 is 10.1 Å². The zero-order valence-corrected chi connectivity index (χ0v) is 11.5. The number of ether oxygens (including phenoxy) is 1. The van der Waals surface area contributed by atoms with Gasteiger partial charge in [-0.05, 0) is 30.0 Å². The Morgan fingerprint density at radius 2 is 2.10 bits per heavy atom. The predicted molar refractivity (Wildman–Crippen MR) is 80.7 cm³/mol. The first-order valence-corrected chi connectivity index (χ1v) is 6.96. The van der Waals surface area contributed by atoms with Crippen LogP contribution in [0.5, 0.6) is 5.75 Å². The van der Waals surface area contributed by atoms with Crippen molar-refractivity contribution in [2.75, 3.05) is 11.9 Å². The quantitative estimate of drug-likeness (QED) is 0.689. The number of nitrogens with zero attached hydrogens (tertiary/aromatic N) is 1. The highest BCUT2D eigenvalue weighted by Gasteiger charge is 2.13. The number of fused-ring (bicyclic) bond motifs is 1. The van der Waals surface area contributed by atoms with Crippen molar-refractivity contribution in [2.45, 2.75) is 19.4 Å². The van der Waals surface area contributed by atoms with Gasteiger partial charge in [0, 0.05) is 18.7 Å². The molecule has 21 heavy (non-hydrogen) atoms. The maximum atomic E-state index is 10.8. The van der Waals surface area contributed by atoms with Crippen molar-refractivity contribution < 1.29 is 9.66 Å². The van der Waals surface area contributed by atoms with Crippen molar-refractivity contribution in [1.29, 1.82) is 0 Å². The minimum Gasteiger partial charge on any atom is -0.487 e. The Labute approximate surface area is 122 Å². The van der Waals surface area contributed by atoms with Crippen LogP contribution in [0.15, 0.2) is 42.5 Å². The van der Waals surface area contributed by atoms with E-state index >= 15 is 0 Å². The van der Waals surface area contributed by atoms with Crippen LogP contribution in [0, 0.1) is 10.1 Å². The first kappa shape index (κ1) is 13.4. The van der Waals surface area contributed by atoms with E-state index in [9.17, 15) is 10.1 Å². The van der Waals surface area contributed by atoms with Gasteiger partial charge in [0.1, 0.15) is 12.4 Å². The van der Waals surface area contributed by atoms with Crippen molar-refractivity contribution in [3.05, 3.63) is 63.7 Å². The molecule has 108 valence electrons. The first-order valence-electron chi connectivity index (χ1n) is 6.96. The summed E-state index contributed by atoms with van der Waals surface area (Å²) < 4.78 is 5.84. The molecule has 0 aliphatic carbocycles. The van der Waals surface area contributed by atoms with Gasteiger partial charge in [0.25, 0.3) is 5.69 Å². The van der Waals surface area contributed by atoms with Gasteiger partial charge >= 0.3 is 0 Å². The van der Waals surface area contributed by atoms with E-state index in [-0.39, 0.29) is 5.69 Å². The molecular formula is C16H16N2O3. The molecule has 0 aromatic heterocycles. The summed E-state index contributed by atoms with van der Waals surface area (Å²) in [5.41, 5.74) is 3.19. The number of aryl methyl sites for hydroxylation is 1. The number of hydrogen-bond donors (Lipinski definition) is 1. The normalized spacial score (nSPS) is 13.1. The number of anilines is 1. The molecule has 0 saturated carbocycles. The molecule has 1 heterocycles. The zero-order chi connectivity index (χ0) is 14.7. The van der Waals surface area contributed by atoms with Crippen LogP contribution in [0.1, 0.15) is 17.5 Å². The van der Waals surface area contributed by atoms with Crippen LogP contribution in [0.4, 0.5) is 11.4 Å². The van der Waals surface area contributed by atoms with E-state index in [0.717, 1.165) is 36.4 Å². The van der Waals surface area contributed by atoms with Crippen molar-refractivity contribution in [2.24, 2.45) is 0 Å². The van der Waals surface area contributed by atoms with Crippen molar-refractivity contribution in [1.82, 2.24) is 0 Å². The van der Waals surface area contributed by atoms with E-state index in [1.807, 2.05) is 18.2 Å². The predicted octanol–water partition coefficient (Wildman–Crippen LogP) is 3.53. The lowest BCUT2D eigenvalue weighted by molar-refractivity contribution is -0.384. The zero-order valence-electron chi connectivity index (χ0n) is 11.5. The molecule has 2 aromatic rings. The highest BCUT2D eigenvalue weighted by molar-refractivity contribution is 5.63. The lowest BCUT2D eigenvalue weighted by Gasteiger charge is -2.21. The Morgan fingerprint density at radius 3 is 2.95 bits per heavy atom. The van der Waals surface area contributed by atoms with Crippen LogP contribution in [0.25, 0.3) is 0 Å². The monoisotopic (exact) mass is 284 g/mol. The molecule has 5 heteroatoms. The highest BCUT2D eigenvalue weighted by atomic mass is 16.6. The number of para-hydroxylation sites is 1. The van der Waals surface area contributed by atoms with Crippen molar-refractivity contribution >= 4 is 11.4 Å². The Kier molecular flexibility index (Phi) is 3.73. The Bertz CT molecular complexity index is 670. The van der Waals surface area contributed by atoms with Gasteiger partial charge in [-0.1, -0.05) is 24.3 Å². The molecular weight excluding hydrogens is 268 g/mol. The van der Waals surface area contributed by atoms with E-state index in [1.165, 1.54) is 11.6 Å². The first-order chi connectivity index (χ1) is 10.2. The fourth-order valence-electron chi connectivity index (χ4n) is 2.52. The van der Waals surface area contributed by atoms with E-state index in [4.69, 9.17) is 4.74 Å². The third-order valence-corrected chi connectivity index (χ3v) is 3.55. The largest absolute Gasteiger partial charge is 0.487 e. The van der Waals surface area contributed by atoms with Crippen molar-refractivity contribution in [3.8, 4) is 5.75 Å². The highest BCUT2D eigenvalue weighted by Crippen LogP contribution is 2.32. The second-order valence-electron chi connectivity index (χ2n) is 5.04. The Morgan fingerprint density at radius 1 is 1.24 bits per heavy atom. The van der Waals surface area contributed by atoms with Crippen LogP contribution >= 0.6 is 0 Å². The summed E-state index contributed by atoms with van der Waals surface area (Å²) in [5, 5.41) is 14.1. The smallest absolute Gasteiger partial charge is 0.269 e. The second kappa shape index (κ2) is 5.83. The van der Waals surface area contributed by atoms with E-state index in [0.29, 0.717) is 6.61 Å². The fourth-order valence-corrected chi connectivity index (χ4v) is 2.52. The topological polar surface area (TPSA) is 64.4 Å². The van der Waals surface area contributed by atoms with Gasteiger partial charge in [-0.25, -0.2) is 0 Å². The molecule has 2 aromatic carbocycles.